The summed E-state index contributed by atoms with van der Waals surface area (Å²) in [4.78, 5) is 17.7. The van der Waals surface area contributed by atoms with Crippen LogP contribution in [0.3, 0.4) is 0 Å². The Balaban J connectivity index is 2.12. The molecule has 0 unspecified atom stereocenters. The fourth-order valence-electron chi connectivity index (χ4n) is 1.64. The summed E-state index contributed by atoms with van der Waals surface area (Å²) in [7, 11) is 1.83. The van der Waals surface area contributed by atoms with Gasteiger partial charge in [-0.1, -0.05) is 11.6 Å². The van der Waals surface area contributed by atoms with Crippen LogP contribution in [0, 0.1) is 0 Å². The molecule has 0 atom stereocenters. The van der Waals surface area contributed by atoms with Crippen molar-refractivity contribution in [2.24, 2.45) is 0 Å². The molecule has 2 rings (SSSR count). The number of halogens is 1. The van der Waals surface area contributed by atoms with Gasteiger partial charge in [-0.25, -0.2) is 0 Å². The van der Waals surface area contributed by atoms with Crippen molar-refractivity contribution in [3.05, 3.63) is 29.0 Å². The molecule has 1 aromatic heterocycles. The third-order valence-electron chi connectivity index (χ3n) is 2.88. The largest absolute Gasteiger partial charge is 0.337 e. The number of rotatable bonds is 2. The highest BCUT2D eigenvalue weighted by Crippen LogP contribution is 2.24. The molecule has 0 N–H and O–H groups in total. The minimum absolute atomic E-state index is 0.0396. The third kappa shape index (κ3) is 2.12. The monoisotopic (exact) mass is 224 g/mol. The van der Waals surface area contributed by atoms with Gasteiger partial charge in [-0.2, -0.15) is 0 Å². The summed E-state index contributed by atoms with van der Waals surface area (Å²) in [5.41, 5.74) is 0.428. The van der Waals surface area contributed by atoms with Crippen LogP contribution in [0.25, 0.3) is 0 Å². The molecule has 1 saturated carbocycles. The number of amides is 1. The molecule has 0 aliphatic heterocycles. The van der Waals surface area contributed by atoms with Crippen LogP contribution in [-0.4, -0.2) is 28.9 Å². The van der Waals surface area contributed by atoms with Crippen molar-refractivity contribution >= 4 is 17.5 Å². The van der Waals surface area contributed by atoms with Crippen molar-refractivity contribution < 1.29 is 4.79 Å². The molecule has 3 nitrogen and oxygen atoms in total. The first kappa shape index (κ1) is 10.4. The minimum atomic E-state index is -0.0396. The first-order valence-electron chi connectivity index (χ1n) is 5.07. The van der Waals surface area contributed by atoms with Crippen molar-refractivity contribution in [1.29, 1.82) is 0 Å². The zero-order valence-electron chi connectivity index (χ0n) is 8.61. The van der Waals surface area contributed by atoms with E-state index in [1.807, 2.05) is 7.05 Å². The number of carbonyl (C=O) groups excluding carboxylic acids is 1. The van der Waals surface area contributed by atoms with E-state index in [4.69, 9.17) is 11.6 Å². The molecule has 15 heavy (non-hydrogen) atoms. The van der Waals surface area contributed by atoms with E-state index in [2.05, 4.69) is 4.98 Å². The predicted octanol–water partition coefficient (Wildman–Crippen LogP) is 2.36. The second-order valence-electron chi connectivity index (χ2n) is 3.86. The predicted molar refractivity (Wildman–Crippen MR) is 59.0 cm³/mol. The molecule has 1 aliphatic carbocycles. The Morgan fingerprint density at radius 1 is 1.60 bits per heavy atom. The fourth-order valence-corrected chi connectivity index (χ4v) is 1.80. The maximum atomic E-state index is 11.9. The molecule has 80 valence electrons. The van der Waals surface area contributed by atoms with Crippen LogP contribution in [-0.2, 0) is 0 Å². The highest BCUT2D eigenvalue weighted by atomic mass is 35.5. The van der Waals surface area contributed by atoms with Crippen LogP contribution in [0.2, 0.25) is 5.02 Å². The van der Waals surface area contributed by atoms with Crippen molar-refractivity contribution in [3.8, 4) is 0 Å². The lowest BCUT2D eigenvalue weighted by molar-refractivity contribution is 0.0646. The maximum absolute atomic E-state index is 11.9. The van der Waals surface area contributed by atoms with Crippen molar-refractivity contribution in [2.45, 2.75) is 25.3 Å². The van der Waals surface area contributed by atoms with E-state index in [1.54, 1.807) is 23.2 Å². The quantitative estimate of drug-likeness (QED) is 0.773. The van der Waals surface area contributed by atoms with E-state index in [-0.39, 0.29) is 5.91 Å². The first-order valence-corrected chi connectivity index (χ1v) is 5.45. The van der Waals surface area contributed by atoms with E-state index >= 15 is 0 Å². The lowest BCUT2D eigenvalue weighted by atomic mass is 9.92. The number of nitrogens with zero attached hydrogens (tertiary/aromatic N) is 2. The van der Waals surface area contributed by atoms with Gasteiger partial charge in [0, 0.05) is 24.3 Å². The van der Waals surface area contributed by atoms with Gasteiger partial charge in [0.15, 0.2) is 0 Å². The molecule has 0 saturated heterocycles. The number of carbonyl (C=O) groups is 1. The van der Waals surface area contributed by atoms with Gasteiger partial charge >= 0.3 is 0 Å². The summed E-state index contributed by atoms with van der Waals surface area (Å²) >= 11 is 5.81. The lowest BCUT2D eigenvalue weighted by Gasteiger charge is -2.34. The molecule has 1 aliphatic rings. The van der Waals surface area contributed by atoms with E-state index in [9.17, 15) is 4.79 Å². The lowest BCUT2D eigenvalue weighted by Crippen LogP contribution is -2.41. The van der Waals surface area contributed by atoms with Gasteiger partial charge in [-0.15, -0.1) is 0 Å². The third-order valence-corrected chi connectivity index (χ3v) is 3.12. The second-order valence-corrected chi connectivity index (χ2v) is 4.30. The Hall–Kier alpha value is -1.09. The molecular formula is C11H13ClN2O. The molecule has 4 heteroatoms. The number of hydrogen-bond donors (Lipinski definition) is 0. The van der Waals surface area contributed by atoms with Crippen LogP contribution in [0.1, 0.15) is 29.8 Å². The summed E-state index contributed by atoms with van der Waals surface area (Å²) in [6.07, 6.45) is 4.97. The van der Waals surface area contributed by atoms with Crippen LogP contribution < -0.4 is 0 Å². The van der Waals surface area contributed by atoms with Crippen LogP contribution in [0.15, 0.2) is 18.3 Å². The Morgan fingerprint density at radius 3 is 2.87 bits per heavy atom. The Labute approximate surface area is 94.1 Å². The summed E-state index contributed by atoms with van der Waals surface area (Å²) in [6, 6.07) is 3.67. The Bertz CT molecular complexity index is 377. The highest BCUT2D eigenvalue weighted by molar-refractivity contribution is 6.30. The van der Waals surface area contributed by atoms with Gasteiger partial charge in [0.2, 0.25) is 0 Å². The van der Waals surface area contributed by atoms with E-state index < -0.39 is 0 Å². The minimum Gasteiger partial charge on any atom is -0.337 e. The van der Waals surface area contributed by atoms with Gasteiger partial charge in [-0.05, 0) is 31.4 Å². The Kier molecular flexibility index (Phi) is 2.91. The van der Waals surface area contributed by atoms with Gasteiger partial charge in [0.1, 0.15) is 5.69 Å². The van der Waals surface area contributed by atoms with Crippen molar-refractivity contribution in [2.75, 3.05) is 7.05 Å². The summed E-state index contributed by atoms with van der Waals surface area (Å²) in [5.74, 6) is -0.0396. The zero-order valence-corrected chi connectivity index (χ0v) is 9.37. The van der Waals surface area contributed by atoms with Gasteiger partial charge in [-0.3, -0.25) is 9.78 Å². The fraction of sp³-hybridized carbons (Fsp3) is 0.455. The molecular weight excluding hydrogens is 212 g/mol. The van der Waals surface area contributed by atoms with Crippen LogP contribution in [0.5, 0.6) is 0 Å². The molecule has 1 fully saturated rings. The molecule has 1 aromatic rings. The number of pyridine rings is 1. The van der Waals surface area contributed by atoms with E-state index in [0.29, 0.717) is 16.8 Å². The van der Waals surface area contributed by atoms with Gasteiger partial charge < -0.3 is 4.90 Å². The van der Waals surface area contributed by atoms with Crippen molar-refractivity contribution in [3.63, 3.8) is 0 Å². The molecule has 0 spiro atoms. The molecule has 0 aromatic carbocycles. The van der Waals surface area contributed by atoms with E-state index in [0.717, 1.165) is 12.8 Å². The molecule has 1 heterocycles. The second kappa shape index (κ2) is 4.19. The SMILES string of the molecule is CN(C(=O)c1cc(Cl)ccn1)C1CCC1. The first-order chi connectivity index (χ1) is 7.18. The molecule has 0 radical (unpaired) electrons. The summed E-state index contributed by atoms with van der Waals surface area (Å²) in [6.45, 7) is 0. The highest BCUT2D eigenvalue weighted by Gasteiger charge is 2.26. The standard InChI is InChI=1S/C11H13ClN2O/c1-14(9-3-2-4-9)11(15)10-7-8(12)5-6-13-10/h5-7,9H,2-4H2,1H3. The molecule has 0 bridgehead atoms. The van der Waals surface area contributed by atoms with Crippen molar-refractivity contribution in [1.82, 2.24) is 9.88 Å². The maximum Gasteiger partial charge on any atom is 0.272 e. The Morgan fingerprint density at radius 2 is 2.33 bits per heavy atom. The zero-order chi connectivity index (χ0) is 10.8. The average molecular weight is 225 g/mol. The normalized spacial score (nSPS) is 15.9. The summed E-state index contributed by atoms with van der Waals surface area (Å²) in [5, 5.41) is 0.551. The van der Waals surface area contributed by atoms with Gasteiger partial charge in [0.25, 0.3) is 5.91 Å². The van der Waals surface area contributed by atoms with Crippen LogP contribution in [0.4, 0.5) is 0 Å². The number of hydrogen-bond acceptors (Lipinski definition) is 2. The molecule has 1 amide bonds. The smallest absolute Gasteiger partial charge is 0.272 e. The van der Waals surface area contributed by atoms with Crippen LogP contribution >= 0.6 is 11.6 Å². The average Bonchev–Trinajstić information content (AvgIpc) is 2.14. The summed E-state index contributed by atoms with van der Waals surface area (Å²) < 4.78 is 0. The number of aromatic nitrogens is 1. The topological polar surface area (TPSA) is 33.2 Å². The van der Waals surface area contributed by atoms with Gasteiger partial charge in [0.05, 0.1) is 0 Å². The van der Waals surface area contributed by atoms with E-state index in [1.165, 1.54) is 6.42 Å².